The molecule has 0 bridgehead atoms. The van der Waals surface area contributed by atoms with Crippen molar-refractivity contribution < 1.29 is 13.5 Å². The summed E-state index contributed by atoms with van der Waals surface area (Å²) < 4.78 is 27.1. The Morgan fingerprint density at radius 1 is 1.45 bits per heavy atom. The molecule has 0 aliphatic rings. The number of thiophene rings is 1. The SMILES string of the molecule is CCC(C)N(C)CCNS(=O)(=O)c1ccc(CCO)s1. The lowest BCUT2D eigenvalue weighted by Crippen LogP contribution is -2.36. The molecule has 0 saturated carbocycles. The monoisotopic (exact) mass is 320 g/mol. The van der Waals surface area contributed by atoms with Crippen LogP contribution >= 0.6 is 11.3 Å². The number of likely N-dealkylation sites (N-methyl/N-ethyl adjacent to an activating group) is 1. The van der Waals surface area contributed by atoms with Crippen LogP contribution in [0.15, 0.2) is 16.3 Å². The van der Waals surface area contributed by atoms with Crippen molar-refractivity contribution in [2.75, 3.05) is 26.7 Å². The van der Waals surface area contributed by atoms with E-state index in [1.165, 1.54) is 11.3 Å². The van der Waals surface area contributed by atoms with Crippen LogP contribution in [0.2, 0.25) is 0 Å². The first-order chi connectivity index (χ1) is 9.40. The second-order valence-corrected chi connectivity index (χ2v) is 7.99. The Balaban J connectivity index is 2.52. The molecule has 5 nitrogen and oxygen atoms in total. The van der Waals surface area contributed by atoms with Gasteiger partial charge in [0, 0.05) is 37.0 Å². The van der Waals surface area contributed by atoms with Crippen molar-refractivity contribution >= 4 is 21.4 Å². The van der Waals surface area contributed by atoms with Crippen LogP contribution < -0.4 is 4.72 Å². The maximum absolute atomic E-state index is 12.1. The number of hydrogen-bond donors (Lipinski definition) is 2. The summed E-state index contributed by atoms with van der Waals surface area (Å²) in [6, 6.07) is 3.79. The second kappa shape index (κ2) is 8.09. The van der Waals surface area contributed by atoms with Gasteiger partial charge in [0.1, 0.15) is 4.21 Å². The van der Waals surface area contributed by atoms with Crippen LogP contribution in [0.3, 0.4) is 0 Å². The molecule has 116 valence electrons. The predicted molar refractivity (Wildman–Crippen MR) is 82.7 cm³/mol. The van der Waals surface area contributed by atoms with Gasteiger partial charge in [-0.3, -0.25) is 0 Å². The molecule has 1 heterocycles. The van der Waals surface area contributed by atoms with Gasteiger partial charge in [-0.2, -0.15) is 0 Å². The summed E-state index contributed by atoms with van der Waals surface area (Å²) in [5.74, 6) is 0. The molecule has 0 amide bonds. The molecule has 1 atom stereocenters. The van der Waals surface area contributed by atoms with Crippen LogP contribution in [0.25, 0.3) is 0 Å². The van der Waals surface area contributed by atoms with E-state index < -0.39 is 10.0 Å². The molecule has 20 heavy (non-hydrogen) atoms. The van der Waals surface area contributed by atoms with Gasteiger partial charge in [-0.15, -0.1) is 11.3 Å². The molecule has 0 aliphatic heterocycles. The highest BCUT2D eigenvalue weighted by molar-refractivity contribution is 7.91. The largest absolute Gasteiger partial charge is 0.396 e. The minimum absolute atomic E-state index is 0.0349. The Hall–Kier alpha value is -0.470. The molecule has 0 aliphatic carbocycles. The van der Waals surface area contributed by atoms with Gasteiger partial charge in [-0.1, -0.05) is 6.92 Å². The molecule has 0 fully saturated rings. The second-order valence-electron chi connectivity index (χ2n) is 4.83. The minimum Gasteiger partial charge on any atom is -0.396 e. The number of aliphatic hydroxyl groups is 1. The number of rotatable bonds is 9. The highest BCUT2D eigenvalue weighted by Gasteiger charge is 2.17. The van der Waals surface area contributed by atoms with Crippen LogP contribution in [0.5, 0.6) is 0 Å². The van der Waals surface area contributed by atoms with Crippen molar-refractivity contribution in [1.29, 1.82) is 0 Å². The lowest BCUT2D eigenvalue weighted by molar-refractivity contribution is 0.256. The Bertz CT molecular complexity index is 499. The molecule has 1 unspecified atom stereocenters. The molecule has 2 N–H and O–H groups in total. The average Bonchev–Trinajstić information content (AvgIpc) is 2.87. The van der Waals surface area contributed by atoms with E-state index in [4.69, 9.17) is 5.11 Å². The maximum atomic E-state index is 12.1. The van der Waals surface area contributed by atoms with Crippen LogP contribution in [-0.2, 0) is 16.4 Å². The first-order valence-electron chi connectivity index (χ1n) is 6.80. The fourth-order valence-corrected chi connectivity index (χ4v) is 4.12. The number of nitrogens with one attached hydrogen (secondary N) is 1. The number of sulfonamides is 1. The summed E-state index contributed by atoms with van der Waals surface area (Å²) in [4.78, 5) is 3.01. The van der Waals surface area contributed by atoms with E-state index in [0.717, 1.165) is 11.3 Å². The normalized spacial score (nSPS) is 13.8. The fraction of sp³-hybridized carbons (Fsp3) is 0.692. The van der Waals surface area contributed by atoms with Crippen molar-refractivity contribution in [2.24, 2.45) is 0 Å². The van der Waals surface area contributed by atoms with E-state index in [-0.39, 0.29) is 6.61 Å². The van der Waals surface area contributed by atoms with Gasteiger partial charge in [0.15, 0.2) is 0 Å². The maximum Gasteiger partial charge on any atom is 0.250 e. The number of nitrogens with zero attached hydrogens (tertiary/aromatic N) is 1. The lowest BCUT2D eigenvalue weighted by atomic mass is 10.2. The van der Waals surface area contributed by atoms with E-state index >= 15 is 0 Å². The third-order valence-electron chi connectivity index (χ3n) is 3.36. The summed E-state index contributed by atoms with van der Waals surface area (Å²) in [5.41, 5.74) is 0. The van der Waals surface area contributed by atoms with Gasteiger partial charge >= 0.3 is 0 Å². The number of aliphatic hydroxyl groups excluding tert-OH is 1. The van der Waals surface area contributed by atoms with Crippen molar-refractivity contribution in [3.8, 4) is 0 Å². The van der Waals surface area contributed by atoms with Gasteiger partial charge in [0.2, 0.25) is 10.0 Å². The zero-order valence-electron chi connectivity index (χ0n) is 12.3. The fourth-order valence-electron chi connectivity index (χ4n) is 1.71. The molecule has 1 aromatic rings. The standard InChI is InChI=1S/C13H24N2O3S2/c1-4-11(2)15(3)9-8-14-20(17,18)13-6-5-12(19-13)7-10-16/h5-6,11,14,16H,4,7-10H2,1-3H3. The van der Waals surface area contributed by atoms with E-state index in [1.807, 2.05) is 7.05 Å². The first-order valence-corrected chi connectivity index (χ1v) is 9.10. The topological polar surface area (TPSA) is 69.6 Å². The molecule has 0 spiro atoms. The van der Waals surface area contributed by atoms with Crippen LogP contribution in [0.1, 0.15) is 25.1 Å². The molecule has 0 saturated heterocycles. The Morgan fingerprint density at radius 2 is 2.15 bits per heavy atom. The molecule has 0 radical (unpaired) electrons. The van der Waals surface area contributed by atoms with Crippen LogP contribution in [0, 0.1) is 0 Å². The van der Waals surface area contributed by atoms with Gasteiger partial charge in [0.05, 0.1) is 0 Å². The molecule has 1 rings (SSSR count). The summed E-state index contributed by atoms with van der Waals surface area (Å²) in [7, 11) is -1.43. The summed E-state index contributed by atoms with van der Waals surface area (Å²) in [6.07, 6.45) is 1.54. The zero-order valence-corrected chi connectivity index (χ0v) is 13.9. The quantitative estimate of drug-likeness (QED) is 0.719. The minimum atomic E-state index is -3.43. The van der Waals surface area contributed by atoms with Crippen molar-refractivity contribution in [3.63, 3.8) is 0 Å². The predicted octanol–water partition coefficient (Wildman–Crippen LogP) is 1.29. The van der Waals surface area contributed by atoms with Crippen molar-refractivity contribution in [1.82, 2.24) is 9.62 Å². The van der Waals surface area contributed by atoms with Crippen molar-refractivity contribution in [2.45, 2.75) is 36.9 Å². The van der Waals surface area contributed by atoms with E-state index in [1.54, 1.807) is 12.1 Å². The Labute approximate surface area is 125 Å². The van der Waals surface area contributed by atoms with Crippen LogP contribution in [-0.4, -0.2) is 51.2 Å². The highest BCUT2D eigenvalue weighted by Crippen LogP contribution is 2.21. The summed E-state index contributed by atoms with van der Waals surface area (Å²) in [6.45, 7) is 5.35. The first kappa shape index (κ1) is 17.6. The van der Waals surface area contributed by atoms with E-state index in [2.05, 4.69) is 23.5 Å². The Kier molecular flexibility index (Phi) is 7.11. The smallest absolute Gasteiger partial charge is 0.250 e. The average molecular weight is 320 g/mol. The van der Waals surface area contributed by atoms with E-state index in [0.29, 0.717) is 29.8 Å². The molecular formula is C13H24N2O3S2. The molecular weight excluding hydrogens is 296 g/mol. The van der Waals surface area contributed by atoms with E-state index in [9.17, 15) is 8.42 Å². The van der Waals surface area contributed by atoms with Gasteiger partial charge < -0.3 is 10.0 Å². The van der Waals surface area contributed by atoms with Gasteiger partial charge in [-0.05, 0) is 32.5 Å². The summed E-state index contributed by atoms with van der Waals surface area (Å²) in [5, 5.41) is 8.85. The molecule has 1 aromatic heterocycles. The van der Waals surface area contributed by atoms with Crippen molar-refractivity contribution in [3.05, 3.63) is 17.0 Å². The third-order valence-corrected chi connectivity index (χ3v) is 6.46. The number of hydrogen-bond acceptors (Lipinski definition) is 5. The van der Waals surface area contributed by atoms with Gasteiger partial charge in [0.25, 0.3) is 0 Å². The highest BCUT2D eigenvalue weighted by atomic mass is 32.2. The molecule has 0 aromatic carbocycles. The Morgan fingerprint density at radius 3 is 2.75 bits per heavy atom. The van der Waals surface area contributed by atoms with Gasteiger partial charge in [-0.25, -0.2) is 13.1 Å². The zero-order chi connectivity index (χ0) is 15.2. The third kappa shape index (κ3) is 5.14. The lowest BCUT2D eigenvalue weighted by Gasteiger charge is -2.23. The summed E-state index contributed by atoms with van der Waals surface area (Å²) >= 11 is 1.21. The molecule has 7 heteroatoms. The van der Waals surface area contributed by atoms with Crippen LogP contribution in [0.4, 0.5) is 0 Å².